The van der Waals surface area contributed by atoms with Crippen LogP contribution in [0.5, 0.6) is 0 Å². The highest BCUT2D eigenvalue weighted by atomic mass is 29.3. The van der Waals surface area contributed by atoms with E-state index in [0.717, 1.165) is 0 Å². The minimum absolute atomic E-state index is 0.587. The van der Waals surface area contributed by atoms with Crippen LogP contribution in [0.4, 0.5) is 0 Å². The first-order valence-electron chi connectivity index (χ1n) is 4.87. The molecule has 14 heavy (non-hydrogen) atoms. The highest BCUT2D eigenvalue weighted by Gasteiger charge is 2.45. The number of hydrogen-bond donors (Lipinski definition) is 0. The smallest absolute Gasteiger partial charge is 0.313 e. The number of rotatable bonds is 7. The average molecular weight is 230 g/mol. The summed E-state index contributed by atoms with van der Waals surface area (Å²) in [6, 6.07) is 0. The van der Waals surface area contributed by atoms with E-state index in [-0.39, 0.29) is 0 Å². The lowest BCUT2D eigenvalue weighted by molar-refractivity contribution is 0.225. The van der Waals surface area contributed by atoms with Crippen LogP contribution in [0.25, 0.3) is 0 Å². The van der Waals surface area contributed by atoms with Crippen LogP contribution in [-0.2, 0) is 8.85 Å². The van der Waals surface area contributed by atoms with Crippen molar-refractivity contribution in [3.63, 3.8) is 0 Å². The molecular formula is C10H22O2Si2. The Bertz CT molecular complexity index is 185. The summed E-state index contributed by atoms with van der Waals surface area (Å²) in [7, 11) is -3.38. The molecular weight excluding hydrogens is 208 g/mol. The quantitative estimate of drug-likeness (QED) is 0.494. The van der Waals surface area contributed by atoms with E-state index in [1.165, 1.54) is 0 Å². The first-order valence-corrected chi connectivity index (χ1v) is 11.7. The van der Waals surface area contributed by atoms with Crippen LogP contribution < -0.4 is 0 Å². The van der Waals surface area contributed by atoms with E-state index in [4.69, 9.17) is 8.85 Å². The van der Waals surface area contributed by atoms with Gasteiger partial charge in [0.05, 0.1) is 13.2 Å². The maximum atomic E-state index is 5.86. The lowest BCUT2D eigenvalue weighted by Crippen LogP contribution is -2.59. The fourth-order valence-corrected chi connectivity index (χ4v) is 5.83. The van der Waals surface area contributed by atoms with Crippen LogP contribution in [0.1, 0.15) is 0 Å². The molecule has 4 heteroatoms. The molecule has 0 bridgehead atoms. The van der Waals surface area contributed by atoms with Crippen molar-refractivity contribution in [2.45, 2.75) is 26.2 Å². The largest absolute Gasteiger partial charge is 0.393 e. The monoisotopic (exact) mass is 230 g/mol. The van der Waals surface area contributed by atoms with E-state index in [9.17, 15) is 0 Å². The van der Waals surface area contributed by atoms with Gasteiger partial charge in [-0.3, -0.25) is 0 Å². The molecule has 0 aromatic heterocycles. The van der Waals surface area contributed by atoms with Gasteiger partial charge >= 0.3 is 8.08 Å². The Morgan fingerprint density at radius 1 is 0.929 bits per heavy atom. The summed E-state index contributed by atoms with van der Waals surface area (Å²) in [6.45, 7) is 17.5. The van der Waals surface area contributed by atoms with Gasteiger partial charge in [-0.05, 0) is 6.55 Å². The Kier molecular flexibility index (Phi) is 5.58. The maximum Gasteiger partial charge on any atom is 0.313 e. The first kappa shape index (κ1) is 13.8. The molecule has 0 aliphatic rings. The van der Waals surface area contributed by atoms with Crippen LogP contribution in [0.3, 0.4) is 0 Å². The molecule has 0 aromatic carbocycles. The topological polar surface area (TPSA) is 18.5 Å². The van der Waals surface area contributed by atoms with Crippen molar-refractivity contribution >= 4 is 15.7 Å². The lowest BCUT2D eigenvalue weighted by atomic mass is 10.7. The molecule has 0 atom stereocenters. The highest BCUT2D eigenvalue weighted by molar-refractivity contribution is 7.35. The fraction of sp³-hybridized carbons (Fsp3) is 0.600. The van der Waals surface area contributed by atoms with Gasteiger partial charge in [0.15, 0.2) is 0 Å². The van der Waals surface area contributed by atoms with Crippen LogP contribution in [-0.4, -0.2) is 28.9 Å². The molecule has 0 N–H and O–H groups in total. The third-order valence-corrected chi connectivity index (χ3v) is 15.5. The lowest BCUT2D eigenvalue weighted by Gasteiger charge is -2.36. The second-order valence-corrected chi connectivity index (χ2v) is 18.6. The fourth-order valence-electron chi connectivity index (χ4n) is 0.911. The molecule has 0 saturated heterocycles. The maximum absolute atomic E-state index is 5.86. The van der Waals surface area contributed by atoms with Crippen molar-refractivity contribution in [3.8, 4) is 0 Å². The van der Waals surface area contributed by atoms with Gasteiger partial charge in [-0.2, -0.15) is 0 Å². The van der Waals surface area contributed by atoms with Gasteiger partial charge in [0.25, 0.3) is 0 Å². The molecule has 0 fully saturated rings. The van der Waals surface area contributed by atoms with Crippen molar-refractivity contribution in [1.29, 1.82) is 0 Å². The minimum atomic E-state index is -2.00. The SMILES string of the molecule is C=CCO[Si](C)(OCC=C)[Si](C)(C)C. The molecule has 0 heterocycles. The second kappa shape index (κ2) is 5.65. The summed E-state index contributed by atoms with van der Waals surface area (Å²) in [5.74, 6) is 0. The summed E-state index contributed by atoms with van der Waals surface area (Å²) in [5.41, 5.74) is 0. The Morgan fingerprint density at radius 2 is 1.29 bits per heavy atom. The first-order chi connectivity index (χ1) is 6.37. The molecule has 0 radical (unpaired) electrons. The zero-order valence-electron chi connectivity index (χ0n) is 9.80. The van der Waals surface area contributed by atoms with Gasteiger partial charge < -0.3 is 8.85 Å². The Labute approximate surface area is 89.7 Å². The Balaban J connectivity index is 4.48. The Morgan fingerprint density at radius 3 is 1.50 bits per heavy atom. The number of hydrogen-bond acceptors (Lipinski definition) is 2. The van der Waals surface area contributed by atoms with E-state index in [0.29, 0.717) is 13.2 Å². The van der Waals surface area contributed by atoms with Crippen molar-refractivity contribution in [2.24, 2.45) is 0 Å². The van der Waals surface area contributed by atoms with Crippen molar-refractivity contribution in [2.75, 3.05) is 13.2 Å². The molecule has 0 saturated carbocycles. The molecule has 0 aliphatic carbocycles. The normalized spacial score (nSPS) is 12.6. The molecule has 0 amide bonds. The van der Waals surface area contributed by atoms with Crippen LogP contribution >= 0.6 is 0 Å². The van der Waals surface area contributed by atoms with E-state index in [1.807, 2.05) is 0 Å². The van der Waals surface area contributed by atoms with Gasteiger partial charge in [0.2, 0.25) is 0 Å². The summed E-state index contributed by atoms with van der Waals surface area (Å²) >= 11 is 0. The molecule has 0 aromatic rings. The summed E-state index contributed by atoms with van der Waals surface area (Å²) in [6.07, 6.45) is 3.56. The summed E-state index contributed by atoms with van der Waals surface area (Å²) in [5, 5.41) is 0. The van der Waals surface area contributed by atoms with Crippen molar-refractivity contribution in [3.05, 3.63) is 25.3 Å². The molecule has 82 valence electrons. The molecule has 0 spiro atoms. The molecule has 0 rings (SSSR count). The van der Waals surface area contributed by atoms with Gasteiger partial charge in [0, 0.05) is 0 Å². The summed E-state index contributed by atoms with van der Waals surface area (Å²) in [4.78, 5) is 0. The van der Waals surface area contributed by atoms with Crippen LogP contribution in [0.15, 0.2) is 25.3 Å². The summed E-state index contributed by atoms with van der Waals surface area (Å²) < 4.78 is 11.7. The van der Waals surface area contributed by atoms with Gasteiger partial charge in [-0.1, -0.05) is 31.8 Å². The van der Waals surface area contributed by atoms with Crippen molar-refractivity contribution in [1.82, 2.24) is 0 Å². The average Bonchev–Trinajstić information content (AvgIpc) is 2.09. The van der Waals surface area contributed by atoms with Gasteiger partial charge in [-0.25, -0.2) is 0 Å². The van der Waals surface area contributed by atoms with Crippen LogP contribution in [0.2, 0.25) is 26.2 Å². The van der Waals surface area contributed by atoms with Gasteiger partial charge in [0.1, 0.15) is 7.59 Å². The Hall–Kier alpha value is -0.166. The molecule has 2 nitrogen and oxygen atoms in total. The van der Waals surface area contributed by atoms with E-state index in [1.54, 1.807) is 12.2 Å². The predicted molar refractivity (Wildman–Crippen MR) is 67.3 cm³/mol. The zero-order valence-corrected chi connectivity index (χ0v) is 11.8. The van der Waals surface area contributed by atoms with E-state index >= 15 is 0 Å². The standard InChI is InChI=1S/C10H22O2Si2/c1-7-9-11-14(6,12-10-8-2)13(3,4)5/h7-8H,1-2,9-10H2,3-6H3. The van der Waals surface area contributed by atoms with E-state index in [2.05, 4.69) is 39.3 Å². The predicted octanol–water partition coefficient (Wildman–Crippen LogP) is 2.88. The molecule has 0 aliphatic heterocycles. The van der Waals surface area contributed by atoms with Crippen molar-refractivity contribution < 1.29 is 8.85 Å². The third kappa shape index (κ3) is 3.92. The third-order valence-electron chi connectivity index (χ3n) is 2.32. The molecule has 0 unspecified atom stereocenters. The minimum Gasteiger partial charge on any atom is -0.393 e. The second-order valence-electron chi connectivity index (χ2n) is 4.40. The highest BCUT2D eigenvalue weighted by Crippen LogP contribution is 2.21. The zero-order chi connectivity index (χ0) is 11.2. The van der Waals surface area contributed by atoms with Gasteiger partial charge in [-0.15, -0.1) is 13.2 Å². The van der Waals surface area contributed by atoms with E-state index < -0.39 is 15.7 Å². The van der Waals surface area contributed by atoms with Crippen LogP contribution in [0, 0.1) is 0 Å².